The molecule has 0 spiro atoms. The van der Waals surface area contributed by atoms with Crippen LogP contribution in [0.25, 0.3) is 11.0 Å². The summed E-state index contributed by atoms with van der Waals surface area (Å²) < 4.78 is 10.7. The van der Waals surface area contributed by atoms with Gasteiger partial charge in [0, 0.05) is 21.1 Å². The Morgan fingerprint density at radius 1 is 1.13 bits per heavy atom. The number of hydrogen-bond donors (Lipinski definition) is 0. The van der Waals surface area contributed by atoms with Gasteiger partial charge in [-0.2, -0.15) is 0 Å². The summed E-state index contributed by atoms with van der Waals surface area (Å²) in [6.45, 7) is 0.253. The zero-order valence-electron chi connectivity index (χ0n) is 11.9. The number of furan rings is 1. The predicted molar refractivity (Wildman–Crippen MR) is 93.7 cm³/mol. The van der Waals surface area contributed by atoms with Crippen LogP contribution in [0.3, 0.4) is 0 Å². The van der Waals surface area contributed by atoms with Gasteiger partial charge in [0.1, 0.15) is 12.2 Å². The zero-order chi connectivity index (χ0) is 16.2. The molecule has 0 bridgehead atoms. The van der Waals surface area contributed by atoms with Crippen molar-refractivity contribution in [3.63, 3.8) is 0 Å². The molecule has 0 amide bonds. The molecular formula is C17H12Cl2O3S. The van der Waals surface area contributed by atoms with E-state index in [1.165, 1.54) is 11.8 Å². The molecular weight excluding hydrogens is 355 g/mol. The number of fused-ring (bicyclic) bond motifs is 1. The summed E-state index contributed by atoms with van der Waals surface area (Å²) in [6.07, 6.45) is 0. The highest BCUT2D eigenvalue weighted by atomic mass is 35.5. The second-order valence-corrected chi connectivity index (χ2v) is 6.69. The van der Waals surface area contributed by atoms with Gasteiger partial charge >= 0.3 is 5.97 Å². The molecule has 0 saturated carbocycles. The van der Waals surface area contributed by atoms with Crippen LogP contribution >= 0.6 is 35.0 Å². The average molecular weight is 367 g/mol. The normalized spacial score (nSPS) is 10.9. The number of carbonyl (C=O) groups excluding carboxylic acids is 1. The summed E-state index contributed by atoms with van der Waals surface area (Å²) in [7, 11) is 0. The lowest BCUT2D eigenvalue weighted by molar-refractivity contribution is 0.0496. The van der Waals surface area contributed by atoms with E-state index in [4.69, 9.17) is 32.4 Å². The lowest BCUT2D eigenvalue weighted by atomic mass is 10.2. The molecule has 2 aromatic carbocycles. The van der Waals surface area contributed by atoms with Gasteiger partial charge in [-0.05, 0) is 30.3 Å². The first-order chi connectivity index (χ1) is 11.1. The van der Waals surface area contributed by atoms with Gasteiger partial charge in [0.25, 0.3) is 0 Å². The first kappa shape index (κ1) is 16.2. The van der Waals surface area contributed by atoms with E-state index in [1.54, 1.807) is 24.3 Å². The largest absolute Gasteiger partial charge is 0.459 e. The molecule has 3 rings (SSSR count). The molecule has 0 atom stereocenters. The molecule has 118 valence electrons. The maximum Gasteiger partial charge on any atom is 0.374 e. The average Bonchev–Trinajstić information content (AvgIpc) is 2.98. The fourth-order valence-corrected chi connectivity index (χ4v) is 3.35. The molecule has 1 heterocycles. The number of para-hydroxylation sites is 1. The van der Waals surface area contributed by atoms with Crippen molar-refractivity contribution in [3.8, 4) is 0 Å². The quantitative estimate of drug-likeness (QED) is 0.330. The Morgan fingerprint density at radius 3 is 2.78 bits per heavy atom. The molecule has 6 heteroatoms. The minimum Gasteiger partial charge on any atom is -0.459 e. The summed E-state index contributed by atoms with van der Waals surface area (Å²) in [5, 5.41) is 2.12. The molecule has 23 heavy (non-hydrogen) atoms. The highest BCUT2D eigenvalue weighted by molar-refractivity contribution is 7.99. The van der Waals surface area contributed by atoms with Gasteiger partial charge in [0.2, 0.25) is 5.76 Å². The Kier molecular flexibility index (Phi) is 5.16. The maximum atomic E-state index is 12.0. The summed E-state index contributed by atoms with van der Waals surface area (Å²) in [5.41, 5.74) is 0.666. The van der Waals surface area contributed by atoms with Crippen molar-refractivity contribution >= 4 is 51.9 Å². The van der Waals surface area contributed by atoms with Crippen molar-refractivity contribution < 1.29 is 13.9 Å². The zero-order valence-corrected chi connectivity index (χ0v) is 14.3. The van der Waals surface area contributed by atoms with E-state index in [0.29, 0.717) is 21.4 Å². The molecule has 0 aliphatic carbocycles. The van der Waals surface area contributed by atoms with Crippen LogP contribution in [0, 0.1) is 0 Å². The first-order valence-electron chi connectivity index (χ1n) is 6.87. The van der Waals surface area contributed by atoms with Crippen LogP contribution in [0.2, 0.25) is 10.0 Å². The van der Waals surface area contributed by atoms with Crippen LogP contribution in [0.1, 0.15) is 10.6 Å². The molecule has 1 aromatic heterocycles. The highest BCUT2D eigenvalue weighted by Gasteiger charge is 2.13. The van der Waals surface area contributed by atoms with Crippen LogP contribution in [-0.2, 0) is 4.74 Å². The fraction of sp³-hybridized carbons (Fsp3) is 0.118. The number of carbonyl (C=O) groups is 1. The van der Waals surface area contributed by atoms with Crippen molar-refractivity contribution in [2.24, 2.45) is 0 Å². The van der Waals surface area contributed by atoms with Crippen molar-refractivity contribution in [3.05, 3.63) is 64.3 Å². The van der Waals surface area contributed by atoms with E-state index in [0.717, 1.165) is 10.3 Å². The number of esters is 1. The monoisotopic (exact) mass is 366 g/mol. The summed E-state index contributed by atoms with van der Waals surface area (Å²) in [4.78, 5) is 12.8. The number of ether oxygens (including phenoxy) is 1. The van der Waals surface area contributed by atoms with Gasteiger partial charge in [-0.3, -0.25) is 0 Å². The topological polar surface area (TPSA) is 39.4 Å². The number of halogens is 2. The molecule has 0 radical (unpaired) electrons. The lowest BCUT2D eigenvalue weighted by Gasteiger charge is -2.05. The van der Waals surface area contributed by atoms with E-state index >= 15 is 0 Å². The third kappa shape index (κ3) is 4.02. The predicted octanol–water partition coefficient (Wildman–Crippen LogP) is 5.69. The molecule has 3 nitrogen and oxygen atoms in total. The Balaban J connectivity index is 1.54. The Morgan fingerprint density at radius 2 is 1.96 bits per heavy atom. The molecule has 0 aliphatic rings. The van der Waals surface area contributed by atoms with E-state index in [-0.39, 0.29) is 12.4 Å². The second kappa shape index (κ2) is 7.30. The van der Waals surface area contributed by atoms with Gasteiger partial charge < -0.3 is 9.15 Å². The van der Waals surface area contributed by atoms with E-state index in [9.17, 15) is 4.79 Å². The molecule has 3 aromatic rings. The maximum absolute atomic E-state index is 12.0. The lowest BCUT2D eigenvalue weighted by Crippen LogP contribution is -2.06. The van der Waals surface area contributed by atoms with E-state index in [2.05, 4.69) is 0 Å². The van der Waals surface area contributed by atoms with Crippen molar-refractivity contribution in [2.45, 2.75) is 4.90 Å². The summed E-state index contributed by atoms with van der Waals surface area (Å²) >= 11 is 13.5. The number of rotatable bonds is 5. The van der Waals surface area contributed by atoms with Gasteiger partial charge in [-0.1, -0.05) is 41.4 Å². The standard InChI is InChI=1S/C17H12Cl2O3S/c18-12-5-6-13(19)16(10-12)23-8-7-21-17(20)15-9-11-3-1-2-4-14(11)22-15/h1-6,9-10H,7-8H2. The second-order valence-electron chi connectivity index (χ2n) is 4.71. The summed E-state index contributed by atoms with van der Waals surface area (Å²) in [5.74, 6) is 0.308. The smallest absolute Gasteiger partial charge is 0.374 e. The van der Waals surface area contributed by atoms with E-state index in [1.807, 2.05) is 24.3 Å². The van der Waals surface area contributed by atoms with Gasteiger partial charge in [0.05, 0.1) is 5.02 Å². The van der Waals surface area contributed by atoms with Crippen LogP contribution in [0.5, 0.6) is 0 Å². The van der Waals surface area contributed by atoms with Crippen molar-refractivity contribution in [2.75, 3.05) is 12.4 Å². The van der Waals surface area contributed by atoms with Gasteiger partial charge in [0.15, 0.2) is 0 Å². The van der Waals surface area contributed by atoms with Crippen molar-refractivity contribution in [1.29, 1.82) is 0 Å². The molecule has 0 saturated heterocycles. The Hall–Kier alpha value is -1.62. The Labute approximate surface area is 147 Å². The fourth-order valence-electron chi connectivity index (χ4n) is 2.03. The molecule has 0 aliphatic heterocycles. The third-order valence-electron chi connectivity index (χ3n) is 3.09. The SMILES string of the molecule is O=C(OCCSc1cc(Cl)ccc1Cl)c1cc2ccccc2o1. The first-order valence-corrected chi connectivity index (χ1v) is 8.61. The van der Waals surface area contributed by atoms with Gasteiger partial charge in [-0.15, -0.1) is 11.8 Å². The van der Waals surface area contributed by atoms with E-state index < -0.39 is 5.97 Å². The van der Waals surface area contributed by atoms with Crippen LogP contribution < -0.4 is 0 Å². The minimum atomic E-state index is -0.473. The highest BCUT2D eigenvalue weighted by Crippen LogP contribution is 2.29. The van der Waals surface area contributed by atoms with Crippen LogP contribution in [0.4, 0.5) is 0 Å². The Bertz CT molecular complexity index is 812. The number of hydrogen-bond acceptors (Lipinski definition) is 4. The number of thioether (sulfide) groups is 1. The molecule has 0 unspecified atom stereocenters. The number of benzene rings is 2. The molecule has 0 N–H and O–H groups in total. The van der Waals surface area contributed by atoms with Crippen molar-refractivity contribution in [1.82, 2.24) is 0 Å². The third-order valence-corrected chi connectivity index (χ3v) is 4.79. The van der Waals surface area contributed by atoms with Crippen LogP contribution in [-0.4, -0.2) is 18.3 Å². The van der Waals surface area contributed by atoms with Crippen LogP contribution in [0.15, 0.2) is 57.8 Å². The molecule has 0 fully saturated rings. The summed E-state index contributed by atoms with van der Waals surface area (Å²) in [6, 6.07) is 14.4. The minimum absolute atomic E-state index is 0.206. The van der Waals surface area contributed by atoms with Gasteiger partial charge in [-0.25, -0.2) is 4.79 Å².